The average Bonchev–Trinajstić information content (AvgIpc) is 2.38. The number of hydrogen-bond acceptors (Lipinski definition) is 2. The van der Waals surface area contributed by atoms with Crippen LogP contribution in [0.5, 0.6) is 0 Å². The van der Waals surface area contributed by atoms with Crippen LogP contribution in [0.1, 0.15) is 25.0 Å². The maximum absolute atomic E-state index is 9.41. The van der Waals surface area contributed by atoms with Crippen LogP contribution in [0.4, 0.5) is 5.69 Å². The minimum atomic E-state index is 0.452. The molecule has 0 saturated carbocycles. The van der Waals surface area contributed by atoms with Crippen molar-refractivity contribution in [2.24, 2.45) is 5.92 Å². The van der Waals surface area contributed by atoms with Crippen molar-refractivity contribution in [2.45, 2.75) is 20.3 Å². The summed E-state index contributed by atoms with van der Waals surface area (Å²) in [6.45, 7) is 4.29. The summed E-state index contributed by atoms with van der Waals surface area (Å²) in [5.41, 5.74) is 9.32. The van der Waals surface area contributed by atoms with E-state index in [2.05, 4.69) is 19.9 Å². The summed E-state index contributed by atoms with van der Waals surface area (Å²) in [5, 5.41) is 10.3. The number of rotatable bonds is 3. The van der Waals surface area contributed by atoms with Crippen molar-refractivity contribution in [3.63, 3.8) is 0 Å². The lowest BCUT2D eigenvalue weighted by atomic mass is 9.94. The van der Waals surface area contributed by atoms with Gasteiger partial charge in [-0.15, -0.1) is 0 Å². The first-order valence-electron chi connectivity index (χ1n) is 6.70. The fourth-order valence-corrected chi connectivity index (χ4v) is 3.06. The third kappa shape index (κ3) is 3.50. The van der Waals surface area contributed by atoms with Crippen molar-refractivity contribution in [2.75, 3.05) is 5.73 Å². The smallest absolute Gasteiger partial charge is 0.0998 e. The first-order chi connectivity index (χ1) is 9.92. The number of halogens is 2. The van der Waals surface area contributed by atoms with Gasteiger partial charge < -0.3 is 5.73 Å². The molecular formula is C17H16Cl2N2. The minimum absolute atomic E-state index is 0.452. The van der Waals surface area contributed by atoms with E-state index in [0.717, 1.165) is 17.5 Å². The molecule has 2 nitrogen and oxygen atoms in total. The third-order valence-electron chi connectivity index (χ3n) is 3.18. The number of anilines is 1. The molecule has 2 aromatic carbocycles. The van der Waals surface area contributed by atoms with E-state index in [0.29, 0.717) is 32.8 Å². The van der Waals surface area contributed by atoms with Crippen LogP contribution >= 0.6 is 23.2 Å². The van der Waals surface area contributed by atoms with Crippen LogP contribution in [-0.4, -0.2) is 0 Å². The highest BCUT2D eigenvalue weighted by Gasteiger charge is 2.14. The van der Waals surface area contributed by atoms with E-state index in [-0.39, 0.29) is 0 Å². The predicted molar refractivity (Wildman–Crippen MR) is 89.6 cm³/mol. The highest BCUT2D eigenvalue weighted by atomic mass is 35.5. The molecule has 0 aliphatic carbocycles. The Balaban J connectivity index is 2.58. The van der Waals surface area contributed by atoms with Gasteiger partial charge in [-0.3, -0.25) is 0 Å². The Labute approximate surface area is 135 Å². The molecule has 2 rings (SSSR count). The van der Waals surface area contributed by atoms with Gasteiger partial charge in [0, 0.05) is 16.8 Å². The lowest BCUT2D eigenvalue weighted by Gasteiger charge is -2.12. The molecule has 0 unspecified atom stereocenters. The molecule has 0 saturated heterocycles. The van der Waals surface area contributed by atoms with E-state index < -0.39 is 0 Å². The second kappa shape index (κ2) is 6.39. The number of hydrogen-bond donors (Lipinski definition) is 1. The third-order valence-corrected chi connectivity index (χ3v) is 3.78. The molecule has 4 heteroatoms. The van der Waals surface area contributed by atoms with E-state index in [9.17, 15) is 5.26 Å². The van der Waals surface area contributed by atoms with Crippen molar-refractivity contribution in [1.82, 2.24) is 0 Å². The predicted octanol–water partition coefficient (Wildman–Crippen LogP) is 5.31. The number of nitriles is 1. The van der Waals surface area contributed by atoms with Crippen LogP contribution in [0.3, 0.4) is 0 Å². The molecule has 0 radical (unpaired) electrons. The van der Waals surface area contributed by atoms with Crippen molar-refractivity contribution in [3.8, 4) is 17.2 Å². The Kier molecular flexibility index (Phi) is 4.77. The monoisotopic (exact) mass is 318 g/mol. The molecule has 0 aliphatic rings. The molecule has 0 bridgehead atoms. The quantitative estimate of drug-likeness (QED) is 0.779. The summed E-state index contributed by atoms with van der Waals surface area (Å²) in [7, 11) is 0. The average molecular weight is 319 g/mol. The van der Waals surface area contributed by atoms with Crippen molar-refractivity contribution in [1.29, 1.82) is 5.26 Å². The molecule has 21 heavy (non-hydrogen) atoms. The highest BCUT2D eigenvalue weighted by molar-refractivity contribution is 6.39. The van der Waals surface area contributed by atoms with Crippen LogP contribution < -0.4 is 5.73 Å². The molecule has 2 aromatic rings. The Hall–Kier alpha value is -1.69. The van der Waals surface area contributed by atoms with Gasteiger partial charge >= 0.3 is 0 Å². The fourth-order valence-electron chi connectivity index (χ4n) is 2.35. The Morgan fingerprint density at radius 1 is 1.14 bits per heavy atom. The normalized spacial score (nSPS) is 10.7. The number of benzene rings is 2. The summed E-state index contributed by atoms with van der Waals surface area (Å²) in [5.74, 6) is 0.533. The number of nitrogens with zero attached hydrogens (tertiary/aromatic N) is 1. The molecule has 0 aromatic heterocycles. The molecule has 0 fully saturated rings. The summed E-state index contributed by atoms with van der Waals surface area (Å²) in [6.07, 6.45) is 0.929. The van der Waals surface area contributed by atoms with E-state index in [1.165, 1.54) is 0 Å². The Morgan fingerprint density at radius 2 is 1.76 bits per heavy atom. The van der Waals surface area contributed by atoms with Gasteiger partial charge in [0.25, 0.3) is 0 Å². The van der Waals surface area contributed by atoms with Crippen LogP contribution in [0.2, 0.25) is 10.0 Å². The second-order valence-electron chi connectivity index (χ2n) is 5.45. The highest BCUT2D eigenvalue weighted by Crippen LogP contribution is 2.38. The zero-order valence-electron chi connectivity index (χ0n) is 12.0. The molecular weight excluding hydrogens is 303 g/mol. The lowest BCUT2D eigenvalue weighted by molar-refractivity contribution is 0.647. The zero-order valence-corrected chi connectivity index (χ0v) is 13.5. The van der Waals surface area contributed by atoms with Crippen molar-refractivity contribution in [3.05, 3.63) is 51.5 Å². The van der Waals surface area contributed by atoms with E-state index in [4.69, 9.17) is 28.9 Å². The number of nitrogens with two attached hydrogens (primary N) is 1. The fraction of sp³-hybridized carbons (Fsp3) is 0.235. The summed E-state index contributed by atoms with van der Waals surface area (Å²) in [4.78, 5) is 0. The van der Waals surface area contributed by atoms with Crippen LogP contribution in [0.25, 0.3) is 11.1 Å². The second-order valence-corrected chi connectivity index (χ2v) is 6.26. The molecule has 0 aliphatic heterocycles. The maximum Gasteiger partial charge on any atom is 0.0998 e. The van der Waals surface area contributed by atoms with E-state index in [1.54, 1.807) is 12.1 Å². The van der Waals surface area contributed by atoms with Gasteiger partial charge in [0.15, 0.2) is 0 Å². The molecule has 0 spiro atoms. The first kappa shape index (κ1) is 15.7. The maximum atomic E-state index is 9.41. The van der Waals surface area contributed by atoms with Gasteiger partial charge in [-0.2, -0.15) is 5.26 Å². The Bertz CT molecular complexity index is 692. The largest absolute Gasteiger partial charge is 0.399 e. The number of nitrogen functional groups attached to an aromatic ring is 1. The van der Waals surface area contributed by atoms with Gasteiger partial charge in [0.1, 0.15) is 0 Å². The molecule has 108 valence electrons. The van der Waals surface area contributed by atoms with Gasteiger partial charge in [-0.05, 0) is 36.1 Å². The molecule has 0 atom stereocenters. The van der Waals surface area contributed by atoms with Gasteiger partial charge in [-0.25, -0.2) is 0 Å². The standard InChI is InChI=1S/C17H16Cl2N2/c1-10(2)5-11-3-4-14(12(6-11)9-20)17-15(18)7-13(21)8-16(17)19/h3-4,6-8,10H,5,21H2,1-2H3. The van der Waals surface area contributed by atoms with Crippen LogP contribution in [0.15, 0.2) is 30.3 Å². The van der Waals surface area contributed by atoms with Crippen molar-refractivity contribution >= 4 is 28.9 Å². The molecule has 2 N–H and O–H groups in total. The zero-order chi connectivity index (χ0) is 15.6. The van der Waals surface area contributed by atoms with Crippen molar-refractivity contribution < 1.29 is 0 Å². The summed E-state index contributed by atoms with van der Waals surface area (Å²) < 4.78 is 0. The van der Waals surface area contributed by atoms with Gasteiger partial charge in [-0.1, -0.05) is 49.2 Å². The minimum Gasteiger partial charge on any atom is -0.399 e. The molecule has 0 amide bonds. The SMILES string of the molecule is CC(C)Cc1ccc(-c2c(Cl)cc(N)cc2Cl)c(C#N)c1. The Morgan fingerprint density at radius 3 is 2.29 bits per heavy atom. The van der Waals surface area contributed by atoms with E-state index >= 15 is 0 Å². The summed E-state index contributed by atoms with van der Waals surface area (Å²) >= 11 is 12.5. The summed E-state index contributed by atoms with van der Waals surface area (Å²) in [6, 6.07) is 11.3. The van der Waals surface area contributed by atoms with Crippen LogP contribution in [0, 0.1) is 17.2 Å². The van der Waals surface area contributed by atoms with Gasteiger partial charge in [0.05, 0.1) is 21.7 Å². The van der Waals surface area contributed by atoms with E-state index in [1.807, 2.05) is 18.2 Å². The first-order valence-corrected chi connectivity index (χ1v) is 7.46. The lowest BCUT2D eigenvalue weighted by Crippen LogP contribution is -1.96. The van der Waals surface area contributed by atoms with Gasteiger partial charge in [0.2, 0.25) is 0 Å². The topological polar surface area (TPSA) is 49.8 Å². The van der Waals surface area contributed by atoms with Crippen LogP contribution in [-0.2, 0) is 6.42 Å². The molecule has 0 heterocycles.